The number of piperidine rings is 1. The van der Waals surface area contributed by atoms with Gasteiger partial charge >= 0.3 is 0 Å². The highest BCUT2D eigenvalue weighted by Gasteiger charge is 2.39. The van der Waals surface area contributed by atoms with Crippen molar-refractivity contribution in [2.24, 2.45) is 0 Å². The maximum absolute atomic E-state index is 12.8. The molecule has 2 aliphatic rings. The quantitative estimate of drug-likeness (QED) is 0.834. The predicted molar refractivity (Wildman–Crippen MR) is 80.1 cm³/mol. The van der Waals surface area contributed by atoms with E-state index in [1.54, 1.807) is 0 Å². The number of fused-ring (bicyclic) bond motifs is 3. The van der Waals surface area contributed by atoms with Crippen LogP contribution >= 0.6 is 0 Å². The van der Waals surface area contributed by atoms with E-state index in [0.29, 0.717) is 0 Å². The summed E-state index contributed by atoms with van der Waals surface area (Å²) in [7, 11) is 4.07. The molecule has 3 rings (SSSR count). The lowest BCUT2D eigenvalue weighted by molar-refractivity contribution is -0.120. The van der Waals surface area contributed by atoms with Gasteiger partial charge in [-0.1, -0.05) is 0 Å². The number of carbonyl (C=O) groups excluding carboxylic acids is 1. The van der Waals surface area contributed by atoms with Crippen LogP contribution in [0.4, 0.5) is 11.5 Å². The molecule has 0 N–H and O–H groups in total. The minimum Gasteiger partial charge on any atom is -0.343 e. The first-order valence-electron chi connectivity index (χ1n) is 7.36. The Morgan fingerprint density at radius 3 is 3.05 bits per heavy atom. The van der Waals surface area contributed by atoms with E-state index in [0.717, 1.165) is 50.4 Å². The summed E-state index contributed by atoms with van der Waals surface area (Å²) in [5, 5.41) is 0. The number of pyridine rings is 1. The second kappa shape index (κ2) is 5.40. The van der Waals surface area contributed by atoms with Gasteiger partial charge in [0.05, 0.1) is 5.69 Å². The minimum absolute atomic E-state index is 0.00619. The molecule has 0 aliphatic carbocycles. The monoisotopic (exact) mass is 274 g/mol. The SMILES string of the molecule is CN(C)CCN1C(=O)C2CCCCN2c2ncccc21. The Balaban J connectivity index is 1.95. The highest BCUT2D eigenvalue weighted by molar-refractivity contribution is 6.04. The summed E-state index contributed by atoms with van der Waals surface area (Å²) >= 11 is 0. The van der Waals surface area contributed by atoms with Crippen molar-refractivity contribution in [1.82, 2.24) is 9.88 Å². The van der Waals surface area contributed by atoms with E-state index >= 15 is 0 Å². The average Bonchev–Trinajstić information content (AvgIpc) is 2.47. The summed E-state index contributed by atoms with van der Waals surface area (Å²) in [6, 6.07) is 3.92. The lowest BCUT2D eigenvalue weighted by Gasteiger charge is -2.44. The number of likely N-dealkylation sites (N-methyl/N-ethyl adjacent to an activating group) is 1. The number of anilines is 2. The van der Waals surface area contributed by atoms with Crippen molar-refractivity contribution in [3.63, 3.8) is 0 Å². The molecule has 108 valence electrons. The lowest BCUT2D eigenvalue weighted by Crippen LogP contribution is -2.56. The van der Waals surface area contributed by atoms with Crippen molar-refractivity contribution in [2.45, 2.75) is 25.3 Å². The number of nitrogens with zero attached hydrogens (tertiary/aromatic N) is 4. The topological polar surface area (TPSA) is 39.7 Å². The zero-order chi connectivity index (χ0) is 14.1. The molecule has 1 aromatic heterocycles. The Kier molecular flexibility index (Phi) is 3.61. The van der Waals surface area contributed by atoms with Crippen LogP contribution in [0.1, 0.15) is 19.3 Å². The molecule has 1 saturated heterocycles. The van der Waals surface area contributed by atoms with Gasteiger partial charge in [0, 0.05) is 25.8 Å². The van der Waals surface area contributed by atoms with Gasteiger partial charge in [0.2, 0.25) is 5.91 Å². The van der Waals surface area contributed by atoms with E-state index in [9.17, 15) is 4.79 Å². The van der Waals surface area contributed by atoms with Crippen LogP contribution in [0.2, 0.25) is 0 Å². The second-order valence-electron chi connectivity index (χ2n) is 5.84. The fraction of sp³-hybridized carbons (Fsp3) is 0.600. The number of hydrogen-bond donors (Lipinski definition) is 0. The van der Waals surface area contributed by atoms with Crippen LogP contribution in [0.3, 0.4) is 0 Å². The Morgan fingerprint density at radius 1 is 1.40 bits per heavy atom. The van der Waals surface area contributed by atoms with Gasteiger partial charge in [0.1, 0.15) is 6.04 Å². The van der Waals surface area contributed by atoms with Crippen LogP contribution in [-0.2, 0) is 4.79 Å². The standard InChI is InChI=1S/C15H22N4O/c1-17(2)10-11-19-12-7-5-8-16-14(12)18-9-4-3-6-13(18)15(19)20/h5,7-8,13H,3-4,6,9-11H2,1-2H3. The normalized spacial score (nSPS) is 21.9. The van der Waals surface area contributed by atoms with Gasteiger partial charge < -0.3 is 14.7 Å². The van der Waals surface area contributed by atoms with E-state index in [4.69, 9.17) is 0 Å². The molecule has 3 heterocycles. The zero-order valence-corrected chi connectivity index (χ0v) is 12.2. The van der Waals surface area contributed by atoms with Crippen molar-refractivity contribution in [3.05, 3.63) is 18.3 Å². The van der Waals surface area contributed by atoms with Crippen molar-refractivity contribution < 1.29 is 4.79 Å². The average molecular weight is 274 g/mol. The van der Waals surface area contributed by atoms with Crippen LogP contribution in [0, 0.1) is 0 Å². The summed E-state index contributed by atoms with van der Waals surface area (Å²) in [6.45, 7) is 2.55. The Hall–Kier alpha value is -1.62. The third-order valence-corrected chi connectivity index (χ3v) is 4.15. The van der Waals surface area contributed by atoms with E-state index in [2.05, 4.69) is 14.8 Å². The van der Waals surface area contributed by atoms with Gasteiger partial charge in [-0.2, -0.15) is 0 Å². The third kappa shape index (κ3) is 2.26. The van der Waals surface area contributed by atoms with E-state index < -0.39 is 0 Å². The molecule has 1 amide bonds. The van der Waals surface area contributed by atoms with Crippen molar-refractivity contribution >= 4 is 17.4 Å². The maximum atomic E-state index is 12.8. The molecule has 0 bridgehead atoms. The molecule has 1 fully saturated rings. The molecule has 0 spiro atoms. The lowest BCUT2D eigenvalue weighted by atomic mass is 9.98. The summed E-state index contributed by atoms with van der Waals surface area (Å²) < 4.78 is 0. The van der Waals surface area contributed by atoms with Crippen LogP contribution in [0.25, 0.3) is 0 Å². The third-order valence-electron chi connectivity index (χ3n) is 4.15. The van der Waals surface area contributed by atoms with E-state index in [-0.39, 0.29) is 11.9 Å². The first kappa shape index (κ1) is 13.4. The smallest absolute Gasteiger partial charge is 0.249 e. The summed E-state index contributed by atoms with van der Waals surface area (Å²) in [5.41, 5.74) is 0.970. The number of carbonyl (C=O) groups is 1. The molecule has 2 aliphatic heterocycles. The molecule has 5 heteroatoms. The van der Waals surface area contributed by atoms with Crippen LogP contribution in [0.15, 0.2) is 18.3 Å². The molecule has 20 heavy (non-hydrogen) atoms. The number of rotatable bonds is 3. The Morgan fingerprint density at radius 2 is 2.25 bits per heavy atom. The molecular weight excluding hydrogens is 252 g/mol. The van der Waals surface area contributed by atoms with Gasteiger partial charge in [0.15, 0.2) is 5.82 Å². The fourth-order valence-corrected chi connectivity index (χ4v) is 3.09. The van der Waals surface area contributed by atoms with Crippen molar-refractivity contribution in [1.29, 1.82) is 0 Å². The van der Waals surface area contributed by atoms with Crippen molar-refractivity contribution in [2.75, 3.05) is 43.5 Å². The first-order valence-corrected chi connectivity index (χ1v) is 7.36. The number of amides is 1. The largest absolute Gasteiger partial charge is 0.343 e. The Bertz CT molecular complexity index is 502. The van der Waals surface area contributed by atoms with Gasteiger partial charge in [-0.15, -0.1) is 0 Å². The van der Waals surface area contributed by atoms with Crippen LogP contribution in [0.5, 0.6) is 0 Å². The highest BCUT2D eigenvalue weighted by atomic mass is 16.2. The summed E-state index contributed by atoms with van der Waals surface area (Å²) in [5.74, 6) is 1.22. The summed E-state index contributed by atoms with van der Waals surface area (Å²) in [6.07, 6.45) is 5.06. The zero-order valence-electron chi connectivity index (χ0n) is 12.2. The van der Waals surface area contributed by atoms with Gasteiger partial charge in [-0.3, -0.25) is 4.79 Å². The fourth-order valence-electron chi connectivity index (χ4n) is 3.09. The summed E-state index contributed by atoms with van der Waals surface area (Å²) in [4.78, 5) is 23.5. The molecule has 5 nitrogen and oxygen atoms in total. The molecule has 0 radical (unpaired) electrons. The molecule has 1 atom stereocenters. The molecule has 0 aromatic carbocycles. The van der Waals surface area contributed by atoms with Crippen LogP contribution < -0.4 is 9.80 Å². The van der Waals surface area contributed by atoms with Gasteiger partial charge in [-0.25, -0.2) is 4.98 Å². The first-order chi connectivity index (χ1) is 9.68. The number of aromatic nitrogens is 1. The number of hydrogen-bond acceptors (Lipinski definition) is 4. The van der Waals surface area contributed by atoms with Gasteiger partial charge in [-0.05, 0) is 45.5 Å². The molecule has 1 unspecified atom stereocenters. The van der Waals surface area contributed by atoms with Gasteiger partial charge in [0.25, 0.3) is 0 Å². The maximum Gasteiger partial charge on any atom is 0.249 e. The van der Waals surface area contributed by atoms with E-state index in [1.165, 1.54) is 0 Å². The van der Waals surface area contributed by atoms with Crippen molar-refractivity contribution in [3.8, 4) is 0 Å². The predicted octanol–water partition coefficient (Wildman–Crippen LogP) is 1.35. The Labute approximate surface area is 120 Å². The highest BCUT2D eigenvalue weighted by Crippen LogP contribution is 2.37. The van der Waals surface area contributed by atoms with Crippen LogP contribution in [-0.4, -0.2) is 55.6 Å². The minimum atomic E-state index is -0.00619. The molecule has 1 aromatic rings. The second-order valence-corrected chi connectivity index (χ2v) is 5.84. The van der Waals surface area contributed by atoms with E-state index in [1.807, 2.05) is 37.3 Å². The molecule has 0 saturated carbocycles. The molecular formula is C15H22N4O.